The van der Waals surface area contributed by atoms with Gasteiger partial charge in [0.05, 0.1) is 16.3 Å². The van der Waals surface area contributed by atoms with Crippen molar-refractivity contribution in [1.82, 2.24) is 19.4 Å². The van der Waals surface area contributed by atoms with E-state index in [1.807, 2.05) is 41.2 Å². The molecule has 9 heteroatoms. The van der Waals surface area contributed by atoms with Gasteiger partial charge in [-0.25, -0.2) is 17.8 Å². The fraction of sp³-hybridized carbons (Fsp3) is 0.185. The lowest BCUT2D eigenvalue weighted by Crippen LogP contribution is -2.46. The van der Waals surface area contributed by atoms with Crippen LogP contribution in [0.25, 0.3) is 5.69 Å². The molecule has 0 saturated carbocycles. The highest BCUT2D eigenvalue weighted by Gasteiger charge is 2.21. The zero-order valence-electron chi connectivity index (χ0n) is 19.7. The molecule has 2 heterocycles. The largest absolute Gasteiger partial charge is 0.369 e. The molecular weight excluding hydrogens is 474 g/mol. The monoisotopic (exact) mass is 501 g/mol. The summed E-state index contributed by atoms with van der Waals surface area (Å²) in [5.41, 5.74) is 3.50. The van der Waals surface area contributed by atoms with E-state index in [4.69, 9.17) is 0 Å². The van der Waals surface area contributed by atoms with Gasteiger partial charge in [-0.2, -0.15) is 5.10 Å². The van der Waals surface area contributed by atoms with Crippen molar-refractivity contribution in [2.45, 2.75) is 11.4 Å². The second-order valence-electron chi connectivity index (χ2n) is 8.63. The van der Waals surface area contributed by atoms with E-state index in [1.165, 1.54) is 12.1 Å². The highest BCUT2D eigenvalue weighted by molar-refractivity contribution is 7.90. The second-order valence-corrected chi connectivity index (χ2v) is 10.3. The molecule has 1 N–H and O–H groups in total. The lowest BCUT2D eigenvalue weighted by Gasteiger charge is -2.36. The summed E-state index contributed by atoms with van der Waals surface area (Å²) in [5.74, 6) is -0.648. The van der Waals surface area contributed by atoms with Gasteiger partial charge < -0.3 is 4.90 Å². The summed E-state index contributed by atoms with van der Waals surface area (Å²) in [6, 6.07) is 27.1. The Balaban J connectivity index is 1.17. The summed E-state index contributed by atoms with van der Waals surface area (Å²) < 4.78 is 29.0. The fourth-order valence-electron chi connectivity index (χ4n) is 4.31. The van der Waals surface area contributed by atoms with Crippen molar-refractivity contribution < 1.29 is 13.2 Å². The average molecular weight is 502 g/mol. The molecule has 0 radical (unpaired) electrons. The summed E-state index contributed by atoms with van der Waals surface area (Å²) in [5, 5.41) is 4.49. The first-order valence-electron chi connectivity index (χ1n) is 11.8. The topological polar surface area (TPSA) is 87.5 Å². The highest BCUT2D eigenvalue weighted by atomic mass is 32.2. The number of carbonyl (C=O) groups is 1. The molecule has 3 aromatic carbocycles. The number of piperazine rings is 1. The third kappa shape index (κ3) is 5.32. The summed E-state index contributed by atoms with van der Waals surface area (Å²) in [6.07, 6.45) is 1.83. The molecule has 0 atom stereocenters. The van der Waals surface area contributed by atoms with Gasteiger partial charge in [-0.3, -0.25) is 9.69 Å². The Kier molecular flexibility index (Phi) is 6.84. The first kappa shape index (κ1) is 23.8. The van der Waals surface area contributed by atoms with E-state index in [9.17, 15) is 13.2 Å². The van der Waals surface area contributed by atoms with E-state index in [0.29, 0.717) is 5.56 Å². The Hall–Kier alpha value is -3.95. The summed E-state index contributed by atoms with van der Waals surface area (Å²) >= 11 is 0. The minimum atomic E-state index is -3.91. The van der Waals surface area contributed by atoms with Gasteiger partial charge in [0.1, 0.15) is 0 Å². The van der Waals surface area contributed by atoms with Gasteiger partial charge in [0.25, 0.3) is 15.9 Å². The quantitative estimate of drug-likeness (QED) is 0.418. The van der Waals surface area contributed by atoms with Gasteiger partial charge in [-0.05, 0) is 54.6 Å². The molecule has 0 unspecified atom stereocenters. The molecule has 1 aromatic heterocycles. The minimum Gasteiger partial charge on any atom is -0.369 e. The van der Waals surface area contributed by atoms with Gasteiger partial charge >= 0.3 is 0 Å². The smallest absolute Gasteiger partial charge is 0.264 e. The maximum Gasteiger partial charge on any atom is 0.264 e. The van der Waals surface area contributed by atoms with Crippen molar-refractivity contribution in [2.24, 2.45) is 0 Å². The van der Waals surface area contributed by atoms with Crippen LogP contribution in [-0.2, 0) is 16.6 Å². The number of anilines is 1. The first-order valence-corrected chi connectivity index (χ1v) is 13.3. The number of aromatic nitrogens is 2. The third-order valence-electron chi connectivity index (χ3n) is 6.25. The van der Waals surface area contributed by atoms with E-state index in [2.05, 4.69) is 37.8 Å². The number of sulfonamides is 1. The van der Waals surface area contributed by atoms with E-state index in [0.717, 1.165) is 49.8 Å². The minimum absolute atomic E-state index is 0.0552. The normalized spacial score (nSPS) is 14.5. The molecule has 5 rings (SSSR count). The number of carbonyl (C=O) groups excluding carboxylic acids is 1. The van der Waals surface area contributed by atoms with Crippen LogP contribution >= 0.6 is 0 Å². The number of hydrogen-bond donors (Lipinski definition) is 1. The maximum absolute atomic E-state index is 12.5. The Morgan fingerprint density at radius 1 is 0.778 bits per heavy atom. The number of nitrogens with one attached hydrogen (secondary N) is 1. The Morgan fingerprint density at radius 2 is 1.42 bits per heavy atom. The van der Waals surface area contributed by atoms with Gasteiger partial charge in [-0.1, -0.05) is 36.4 Å². The van der Waals surface area contributed by atoms with Crippen LogP contribution in [0, 0.1) is 0 Å². The van der Waals surface area contributed by atoms with Crippen molar-refractivity contribution in [3.8, 4) is 5.69 Å². The summed E-state index contributed by atoms with van der Waals surface area (Å²) in [4.78, 5) is 17.3. The Labute approximate surface area is 210 Å². The van der Waals surface area contributed by atoms with E-state index < -0.39 is 15.9 Å². The van der Waals surface area contributed by atoms with Crippen LogP contribution in [0.2, 0.25) is 0 Å². The second kappa shape index (κ2) is 10.3. The zero-order chi connectivity index (χ0) is 25.0. The van der Waals surface area contributed by atoms with Crippen molar-refractivity contribution in [1.29, 1.82) is 0 Å². The third-order valence-corrected chi connectivity index (χ3v) is 7.60. The molecule has 1 aliphatic rings. The van der Waals surface area contributed by atoms with Gasteiger partial charge in [0.2, 0.25) is 0 Å². The van der Waals surface area contributed by atoms with E-state index in [1.54, 1.807) is 30.3 Å². The van der Waals surface area contributed by atoms with Crippen LogP contribution in [-0.4, -0.2) is 55.2 Å². The van der Waals surface area contributed by atoms with Crippen LogP contribution in [0.4, 0.5) is 5.69 Å². The van der Waals surface area contributed by atoms with Crippen molar-refractivity contribution in [3.63, 3.8) is 0 Å². The molecule has 8 nitrogen and oxygen atoms in total. The molecule has 184 valence electrons. The number of hydrogen-bond acceptors (Lipinski definition) is 6. The highest BCUT2D eigenvalue weighted by Crippen LogP contribution is 2.20. The lowest BCUT2D eigenvalue weighted by molar-refractivity contribution is 0.0981. The van der Waals surface area contributed by atoms with Crippen molar-refractivity contribution >= 4 is 21.6 Å². The van der Waals surface area contributed by atoms with Crippen LogP contribution < -0.4 is 9.62 Å². The molecule has 1 amide bonds. The van der Waals surface area contributed by atoms with E-state index in [-0.39, 0.29) is 4.90 Å². The SMILES string of the molecule is O=C(NS(=O)(=O)c1ccccc1)c1ccc(N2CCN(Cc3ccnn3-c3ccccc3)CC2)cc1. The summed E-state index contributed by atoms with van der Waals surface area (Å²) in [6.45, 7) is 4.33. The molecule has 0 bridgehead atoms. The van der Waals surface area contributed by atoms with Crippen molar-refractivity contribution in [3.05, 3.63) is 108 Å². The lowest BCUT2D eigenvalue weighted by atomic mass is 10.1. The van der Waals surface area contributed by atoms with Crippen LogP contribution in [0.1, 0.15) is 16.1 Å². The zero-order valence-corrected chi connectivity index (χ0v) is 20.5. The van der Waals surface area contributed by atoms with Crippen LogP contribution in [0.3, 0.4) is 0 Å². The maximum atomic E-state index is 12.5. The number of amides is 1. The van der Waals surface area contributed by atoms with Crippen LogP contribution in [0.5, 0.6) is 0 Å². The van der Waals surface area contributed by atoms with Crippen molar-refractivity contribution in [2.75, 3.05) is 31.1 Å². The average Bonchev–Trinajstić information content (AvgIpc) is 3.38. The Morgan fingerprint density at radius 3 is 2.08 bits per heavy atom. The molecule has 0 spiro atoms. The summed E-state index contributed by atoms with van der Waals surface area (Å²) in [7, 11) is -3.91. The number of para-hydroxylation sites is 1. The molecular formula is C27H27N5O3S. The predicted octanol–water partition coefficient (Wildman–Crippen LogP) is 3.31. The van der Waals surface area contributed by atoms with Gasteiger partial charge in [0, 0.05) is 50.2 Å². The number of nitrogens with zero attached hydrogens (tertiary/aromatic N) is 4. The molecule has 1 aliphatic heterocycles. The van der Waals surface area contributed by atoms with Gasteiger partial charge in [-0.15, -0.1) is 0 Å². The molecule has 1 fully saturated rings. The van der Waals surface area contributed by atoms with Crippen LogP contribution in [0.15, 0.2) is 102 Å². The van der Waals surface area contributed by atoms with E-state index >= 15 is 0 Å². The first-order chi connectivity index (χ1) is 17.5. The fourth-order valence-corrected chi connectivity index (χ4v) is 5.30. The molecule has 36 heavy (non-hydrogen) atoms. The van der Waals surface area contributed by atoms with Gasteiger partial charge in [0.15, 0.2) is 0 Å². The standard InChI is InChI=1S/C27H27N5O3S/c33-27(29-36(34,35)26-9-5-2-6-10-26)22-11-13-23(14-12-22)31-19-17-30(18-20-31)21-25-15-16-28-32(25)24-7-3-1-4-8-24/h1-16H,17-21H2,(H,29,33). The number of rotatable bonds is 7. The molecule has 4 aromatic rings. The Bertz CT molecular complexity index is 1410. The predicted molar refractivity (Wildman–Crippen MR) is 139 cm³/mol. The molecule has 0 aliphatic carbocycles. The number of benzene rings is 3. The molecule has 1 saturated heterocycles.